The highest BCUT2D eigenvalue weighted by Gasteiger charge is 2.24. The highest BCUT2D eigenvalue weighted by atomic mass is 16.2. The van der Waals surface area contributed by atoms with Gasteiger partial charge in [0.15, 0.2) is 0 Å². The van der Waals surface area contributed by atoms with Crippen LogP contribution in [-0.2, 0) is 16.0 Å². The zero-order valence-electron chi connectivity index (χ0n) is 16.8. The molecule has 0 bridgehead atoms. The van der Waals surface area contributed by atoms with Crippen LogP contribution in [0.25, 0.3) is 0 Å². The van der Waals surface area contributed by atoms with E-state index < -0.39 is 18.0 Å². The van der Waals surface area contributed by atoms with Crippen LogP contribution in [0.1, 0.15) is 19.4 Å². The van der Waals surface area contributed by atoms with E-state index >= 15 is 0 Å². The fourth-order valence-electron chi connectivity index (χ4n) is 2.70. The lowest BCUT2D eigenvalue weighted by Crippen LogP contribution is -2.52. The van der Waals surface area contributed by atoms with Crippen LogP contribution in [0.2, 0.25) is 0 Å². The van der Waals surface area contributed by atoms with E-state index in [2.05, 4.69) is 21.3 Å². The Morgan fingerprint density at radius 3 is 2.10 bits per heavy atom. The number of rotatable bonds is 9. The molecule has 0 aliphatic heterocycles. The molecule has 1 atom stereocenters. The standard InChI is InChI=1S/C22H28N4O3/c1-16(2)20(26-22(29)25-18-11-7-4-8-12-18)21(28)24-15-19(27)23-14-13-17-9-5-3-6-10-17/h3-12,16,20H,13-15H2,1-2H3,(H,23,27)(H,24,28)(H2,25,26,29). The molecule has 0 fully saturated rings. The summed E-state index contributed by atoms with van der Waals surface area (Å²) in [6.45, 7) is 4.00. The highest BCUT2D eigenvalue weighted by molar-refractivity contribution is 5.94. The Morgan fingerprint density at radius 1 is 0.862 bits per heavy atom. The molecular formula is C22H28N4O3. The summed E-state index contributed by atoms with van der Waals surface area (Å²) in [5.74, 6) is -0.815. The van der Waals surface area contributed by atoms with Gasteiger partial charge in [-0.15, -0.1) is 0 Å². The van der Waals surface area contributed by atoms with Crippen molar-refractivity contribution in [2.24, 2.45) is 5.92 Å². The average Bonchev–Trinajstić information content (AvgIpc) is 2.71. The van der Waals surface area contributed by atoms with Crippen molar-refractivity contribution in [1.29, 1.82) is 0 Å². The number of hydrogen-bond donors (Lipinski definition) is 4. The van der Waals surface area contributed by atoms with E-state index in [0.717, 1.165) is 12.0 Å². The van der Waals surface area contributed by atoms with Crippen molar-refractivity contribution in [2.45, 2.75) is 26.3 Å². The number of para-hydroxylation sites is 1. The molecule has 0 heterocycles. The molecule has 0 aliphatic carbocycles. The normalized spacial score (nSPS) is 11.4. The monoisotopic (exact) mass is 396 g/mol. The molecule has 2 aromatic carbocycles. The predicted octanol–water partition coefficient (Wildman–Crippen LogP) is 2.31. The van der Waals surface area contributed by atoms with Crippen molar-refractivity contribution in [1.82, 2.24) is 16.0 Å². The fraction of sp³-hybridized carbons (Fsp3) is 0.318. The number of anilines is 1. The minimum Gasteiger partial charge on any atom is -0.354 e. The third kappa shape index (κ3) is 8.04. The molecule has 0 spiro atoms. The van der Waals surface area contributed by atoms with E-state index in [-0.39, 0.29) is 18.4 Å². The number of amides is 4. The Hall–Kier alpha value is -3.35. The molecule has 2 aromatic rings. The van der Waals surface area contributed by atoms with Crippen LogP contribution in [0, 0.1) is 5.92 Å². The average molecular weight is 396 g/mol. The molecule has 0 aromatic heterocycles. The summed E-state index contributed by atoms with van der Waals surface area (Å²) in [4.78, 5) is 36.6. The first-order valence-electron chi connectivity index (χ1n) is 9.66. The third-order valence-corrected chi connectivity index (χ3v) is 4.27. The van der Waals surface area contributed by atoms with Gasteiger partial charge < -0.3 is 21.3 Å². The van der Waals surface area contributed by atoms with Crippen LogP contribution in [-0.4, -0.2) is 37.0 Å². The van der Waals surface area contributed by atoms with Gasteiger partial charge >= 0.3 is 6.03 Å². The highest BCUT2D eigenvalue weighted by Crippen LogP contribution is 2.06. The topological polar surface area (TPSA) is 99.3 Å². The van der Waals surface area contributed by atoms with Gasteiger partial charge in [-0.3, -0.25) is 9.59 Å². The largest absolute Gasteiger partial charge is 0.354 e. The van der Waals surface area contributed by atoms with Crippen molar-refractivity contribution in [3.05, 3.63) is 66.2 Å². The lowest BCUT2D eigenvalue weighted by Gasteiger charge is -2.21. The lowest BCUT2D eigenvalue weighted by atomic mass is 10.0. The van der Waals surface area contributed by atoms with Crippen LogP contribution in [0.3, 0.4) is 0 Å². The van der Waals surface area contributed by atoms with Gasteiger partial charge in [0.05, 0.1) is 6.54 Å². The maximum absolute atomic E-state index is 12.4. The zero-order valence-corrected chi connectivity index (χ0v) is 16.8. The summed E-state index contributed by atoms with van der Waals surface area (Å²) < 4.78 is 0. The van der Waals surface area contributed by atoms with Crippen molar-refractivity contribution in [3.63, 3.8) is 0 Å². The Morgan fingerprint density at radius 2 is 1.48 bits per heavy atom. The molecule has 7 nitrogen and oxygen atoms in total. The summed E-state index contributed by atoms with van der Waals surface area (Å²) in [5, 5.41) is 10.7. The van der Waals surface area contributed by atoms with Gasteiger partial charge in [-0.2, -0.15) is 0 Å². The molecule has 4 N–H and O–H groups in total. The van der Waals surface area contributed by atoms with Crippen LogP contribution < -0.4 is 21.3 Å². The Kier molecular flexibility index (Phi) is 8.69. The number of carbonyl (C=O) groups excluding carboxylic acids is 3. The second-order valence-electron chi connectivity index (χ2n) is 6.99. The van der Waals surface area contributed by atoms with Crippen LogP contribution >= 0.6 is 0 Å². The summed E-state index contributed by atoms with van der Waals surface area (Å²) >= 11 is 0. The summed E-state index contributed by atoms with van der Waals surface area (Å²) in [7, 11) is 0. The number of carbonyl (C=O) groups is 3. The van der Waals surface area contributed by atoms with Crippen molar-refractivity contribution >= 4 is 23.5 Å². The number of hydrogen-bond acceptors (Lipinski definition) is 3. The third-order valence-electron chi connectivity index (χ3n) is 4.27. The maximum atomic E-state index is 12.4. The van der Waals surface area contributed by atoms with Crippen molar-refractivity contribution in [2.75, 3.05) is 18.4 Å². The minimum atomic E-state index is -0.754. The van der Waals surface area contributed by atoms with Gasteiger partial charge in [0.2, 0.25) is 11.8 Å². The summed E-state index contributed by atoms with van der Waals surface area (Å²) in [5.41, 5.74) is 1.76. The molecule has 0 radical (unpaired) electrons. The minimum absolute atomic E-state index is 0.140. The number of benzene rings is 2. The van der Waals surface area contributed by atoms with Gasteiger partial charge in [-0.05, 0) is 30.0 Å². The van der Waals surface area contributed by atoms with E-state index in [9.17, 15) is 14.4 Å². The van der Waals surface area contributed by atoms with E-state index in [1.807, 2.05) is 50.2 Å². The van der Waals surface area contributed by atoms with E-state index in [1.165, 1.54) is 0 Å². The molecule has 0 saturated carbocycles. The molecule has 29 heavy (non-hydrogen) atoms. The fourth-order valence-corrected chi connectivity index (χ4v) is 2.70. The first kappa shape index (κ1) is 21.9. The Balaban J connectivity index is 1.75. The molecule has 0 saturated heterocycles. The molecule has 0 aliphatic rings. The van der Waals surface area contributed by atoms with Gasteiger partial charge in [-0.1, -0.05) is 62.4 Å². The molecule has 4 amide bonds. The number of nitrogens with one attached hydrogen (secondary N) is 4. The first-order chi connectivity index (χ1) is 14.0. The molecule has 1 unspecified atom stereocenters. The van der Waals surface area contributed by atoms with E-state index in [1.54, 1.807) is 24.3 Å². The van der Waals surface area contributed by atoms with E-state index in [4.69, 9.17) is 0 Å². The van der Waals surface area contributed by atoms with Gasteiger partial charge in [0, 0.05) is 12.2 Å². The zero-order chi connectivity index (χ0) is 21.1. The quantitative estimate of drug-likeness (QED) is 0.523. The Bertz CT molecular complexity index is 794. The first-order valence-corrected chi connectivity index (χ1v) is 9.66. The van der Waals surface area contributed by atoms with E-state index in [0.29, 0.717) is 12.2 Å². The second-order valence-corrected chi connectivity index (χ2v) is 6.99. The van der Waals surface area contributed by atoms with Crippen LogP contribution in [0.15, 0.2) is 60.7 Å². The van der Waals surface area contributed by atoms with Gasteiger partial charge in [-0.25, -0.2) is 4.79 Å². The molecular weight excluding hydrogens is 368 g/mol. The maximum Gasteiger partial charge on any atom is 0.319 e. The summed E-state index contributed by atoms with van der Waals surface area (Å²) in [6.07, 6.45) is 0.719. The van der Waals surface area contributed by atoms with Crippen LogP contribution in [0.4, 0.5) is 10.5 Å². The number of urea groups is 1. The molecule has 7 heteroatoms. The predicted molar refractivity (Wildman–Crippen MR) is 113 cm³/mol. The van der Waals surface area contributed by atoms with Gasteiger partial charge in [0.1, 0.15) is 6.04 Å². The van der Waals surface area contributed by atoms with Crippen molar-refractivity contribution < 1.29 is 14.4 Å². The Labute approximate surface area is 171 Å². The molecule has 2 rings (SSSR count). The second kappa shape index (κ2) is 11.5. The lowest BCUT2D eigenvalue weighted by molar-refractivity contribution is -0.127. The molecule has 154 valence electrons. The van der Waals surface area contributed by atoms with Crippen LogP contribution in [0.5, 0.6) is 0 Å². The SMILES string of the molecule is CC(C)C(NC(=O)Nc1ccccc1)C(=O)NCC(=O)NCCc1ccccc1. The smallest absolute Gasteiger partial charge is 0.319 e. The van der Waals surface area contributed by atoms with Crippen molar-refractivity contribution in [3.8, 4) is 0 Å². The van der Waals surface area contributed by atoms with Gasteiger partial charge in [0.25, 0.3) is 0 Å². The summed E-state index contributed by atoms with van der Waals surface area (Å²) in [6, 6.07) is 17.6.